The van der Waals surface area contributed by atoms with E-state index >= 15 is 0 Å². The van der Waals surface area contributed by atoms with Gasteiger partial charge in [0.15, 0.2) is 0 Å². The smallest absolute Gasteiger partial charge is 0.412 e. The number of aromatic hydroxyl groups is 1. The molecule has 3 aromatic rings. The van der Waals surface area contributed by atoms with Crippen LogP contribution in [0, 0.1) is 9.49 Å². The van der Waals surface area contributed by atoms with Crippen molar-refractivity contribution in [3.05, 3.63) is 92.5 Å². The lowest BCUT2D eigenvalue weighted by Crippen LogP contribution is -2.21. The fraction of sp³-hybridized carbons (Fsp3) is 0.120. The number of benzene rings is 3. The molecule has 34 heavy (non-hydrogen) atoms. The number of rotatable bonds is 7. The molecular weight excluding hydrogens is 613 g/mol. The molecule has 7 nitrogen and oxygen atoms in total. The van der Waals surface area contributed by atoms with E-state index in [9.17, 15) is 14.7 Å². The molecule has 0 aliphatic carbocycles. The number of carbonyl (C=O) groups excluding carboxylic acids is 2. The summed E-state index contributed by atoms with van der Waals surface area (Å²) >= 11 is 5.47. The predicted molar refractivity (Wildman–Crippen MR) is 146 cm³/mol. The van der Waals surface area contributed by atoms with E-state index in [1.807, 2.05) is 0 Å². The topological polar surface area (TPSA) is 114 Å². The van der Waals surface area contributed by atoms with E-state index < -0.39 is 18.1 Å². The Morgan fingerprint density at radius 1 is 1.09 bits per heavy atom. The van der Waals surface area contributed by atoms with Crippen molar-refractivity contribution < 1.29 is 19.4 Å². The van der Waals surface area contributed by atoms with E-state index in [1.54, 1.807) is 79.7 Å². The highest BCUT2D eigenvalue weighted by atomic mass is 127. The maximum atomic E-state index is 12.7. The average Bonchev–Trinajstić information content (AvgIpc) is 2.80. The van der Waals surface area contributed by atoms with Crippen LogP contribution in [0.25, 0.3) is 0 Å². The number of hydrogen-bond donors (Lipinski definition) is 4. The summed E-state index contributed by atoms with van der Waals surface area (Å²) in [7, 11) is 0. The second-order valence-corrected chi connectivity index (χ2v) is 9.62. The first-order chi connectivity index (χ1) is 16.2. The van der Waals surface area contributed by atoms with Crippen LogP contribution in [0.5, 0.6) is 5.75 Å². The number of para-hydroxylation sites is 2. The van der Waals surface area contributed by atoms with Crippen LogP contribution >= 0.6 is 38.5 Å². The van der Waals surface area contributed by atoms with Gasteiger partial charge in [0.1, 0.15) is 11.9 Å². The van der Waals surface area contributed by atoms with Crippen LogP contribution in [0.4, 0.5) is 21.9 Å². The third kappa shape index (κ3) is 7.22. The first-order valence-corrected chi connectivity index (χ1v) is 12.2. The number of phenols is 1. The van der Waals surface area contributed by atoms with Crippen molar-refractivity contribution >= 4 is 67.6 Å². The van der Waals surface area contributed by atoms with Gasteiger partial charge in [-0.3, -0.25) is 10.1 Å². The van der Waals surface area contributed by atoms with Crippen molar-refractivity contribution in [2.75, 3.05) is 16.4 Å². The zero-order valence-electron chi connectivity index (χ0n) is 18.2. The largest absolute Gasteiger partial charge is 0.508 e. The zero-order valence-corrected chi connectivity index (χ0v) is 21.9. The van der Waals surface area contributed by atoms with Crippen LogP contribution in [0.2, 0.25) is 0 Å². The molecule has 3 aromatic carbocycles. The normalized spacial score (nSPS) is 12.7. The standard InChI is InChI=1S/C25H23BrIN3O4/c1-15(6-13-23(32)30-21-5-3-2-4-20(21)28)24(19-14-17(27)9-12-22(19)31)34-25(33)29-18-10-7-16(26)8-11-18/h2-15,24,31H,28H2,1H3,(H,29,33)(H,30,32)/b13-6+/t15-,24-/m0/s1. The quantitative estimate of drug-likeness (QED) is 0.135. The molecule has 2 amide bonds. The molecule has 9 heteroatoms. The van der Waals surface area contributed by atoms with Crippen molar-refractivity contribution in [2.24, 2.45) is 5.92 Å². The van der Waals surface area contributed by atoms with Gasteiger partial charge in [-0.25, -0.2) is 4.79 Å². The van der Waals surface area contributed by atoms with Crippen LogP contribution in [0.15, 0.2) is 83.4 Å². The first kappa shape index (κ1) is 25.6. The van der Waals surface area contributed by atoms with Crippen molar-refractivity contribution in [1.29, 1.82) is 0 Å². The Morgan fingerprint density at radius 2 is 1.79 bits per heavy atom. The molecule has 2 atom stereocenters. The van der Waals surface area contributed by atoms with Gasteiger partial charge in [-0.2, -0.15) is 0 Å². The van der Waals surface area contributed by atoms with Crippen molar-refractivity contribution in [1.82, 2.24) is 0 Å². The molecule has 0 aromatic heterocycles. The second kappa shape index (κ2) is 11.9. The lowest BCUT2D eigenvalue weighted by atomic mass is 9.96. The lowest BCUT2D eigenvalue weighted by molar-refractivity contribution is -0.111. The Balaban J connectivity index is 1.78. The average molecular weight is 636 g/mol. The highest BCUT2D eigenvalue weighted by molar-refractivity contribution is 14.1. The van der Waals surface area contributed by atoms with Crippen LogP contribution in [0.1, 0.15) is 18.6 Å². The molecule has 0 saturated carbocycles. The number of nitrogen functional groups attached to an aromatic ring is 1. The molecule has 176 valence electrons. The maximum absolute atomic E-state index is 12.7. The van der Waals surface area contributed by atoms with Gasteiger partial charge in [0.2, 0.25) is 5.91 Å². The van der Waals surface area contributed by atoms with Gasteiger partial charge in [0.25, 0.3) is 0 Å². The number of ether oxygens (including phenoxy) is 1. The number of phenolic OH excluding ortho intramolecular Hbond substituents is 1. The number of nitrogens with one attached hydrogen (secondary N) is 2. The van der Waals surface area contributed by atoms with E-state index in [0.717, 1.165) is 8.04 Å². The van der Waals surface area contributed by atoms with Crippen LogP contribution in [-0.2, 0) is 9.53 Å². The molecule has 0 saturated heterocycles. The summed E-state index contributed by atoms with van der Waals surface area (Å²) in [6.07, 6.45) is 1.43. The molecular formula is C25H23BrIN3O4. The van der Waals surface area contributed by atoms with Gasteiger partial charge in [-0.1, -0.05) is 41.1 Å². The molecule has 3 rings (SSSR count). The molecule has 0 aliphatic rings. The Morgan fingerprint density at radius 3 is 2.50 bits per heavy atom. The SMILES string of the molecule is C[C@@H](/C=C/C(=O)Nc1ccccc1N)[C@H](OC(=O)Nc1ccc(Br)cc1)c1cc(I)ccc1O. The van der Waals surface area contributed by atoms with Gasteiger partial charge in [-0.15, -0.1) is 0 Å². The Kier molecular flexibility index (Phi) is 8.94. The summed E-state index contributed by atoms with van der Waals surface area (Å²) in [5, 5.41) is 15.8. The van der Waals surface area contributed by atoms with Gasteiger partial charge >= 0.3 is 6.09 Å². The minimum Gasteiger partial charge on any atom is -0.508 e. The predicted octanol–water partition coefficient (Wildman–Crippen LogP) is 6.46. The summed E-state index contributed by atoms with van der Waals surface area (Å²) in [6.45, 7) is 1.79. The highest BCUT2D eigenvalue weighted by Gasteiger charge is 2.25. The van der Waals surface area contributed by atoms with E-state index in [-0.39, 0.29) is 11.7 Å². The third-order valence-electron chi connectivity index (χ3n) is 4.87. The van der Waals surface area contributed by atoms with Gasteiger partial charge < -0.3 is 20.9 Å². The van der Waals surface area contributed by atoms with E-state index in [0.29, 0.717) is 22.6 Å². The van der Waals surface area contributed by atoms with Gasteiger partial charge in [0.05, 0.1) is 11.4 Å². The van der Waals surface area contributed by atoms with Crippen LogP contribution < -0.4 is 16.4 Å². The minimum atomic E-state index is -0.851. The number of amides is 2. The van der Waals surface area contributed by atoms with E-state index in [1.165, 1.54) is 6.08 Å². The molecule has 0 heterocycles. The summed E-state index contributed by atoms with van der Waals surface area (Å²) in [5.74, 6) is -0.836. The molecule has 0 aliphatic heterocycles. The number of hydrogen-bond acceptors (Lipinski definition) is 5. The van der Waals surface area contributed by atoms with Crippen molar-refractivity contribution in [3.8, 4) is 5.75 Å². The molecule has 0 radical (unpaired) electrons. The number of anilines is 3. The van der Waals surface area contributed by atoms with E-state index in [2.05, 4.69) is 49.2 Å². The molecule has 0 bridgehead atoms. The van der Waals surface area contributed by atoms with Crippen molar-refractivity contribution in [2.45, 2.75) is 13.0 Å². The first-order valence-electron chi connectivity index (χ1n) is 10.3. The second-order valence-electron chi connectivity index (χ2n) is 7.46. The molecule has 0 spiro atoms. The summed E-state index contributed by atoms with van der Waals surface area (Å²) < 4.78 is 7.45. The summed E-state index contributed by atoms with van der Waals surface area (Å²) in [5.41, 5.74) is 7.81. The maximum Gasteiger partial charge on any atom is 0.412 e. The summed E-state index contributed by atoms with van der Waals surface area (Å²) in [4.78, 5) is 25.1. The number of nitrogens with two attached hydrogens (primary N) is 1. The third-order valence-corrected chi connectivity index (χ3v) is 6.07. The molecule has 0 unspecified atom stereocenters. The van der Waals surface area contributed by atoms with Crippen LogP contribution in [0.3, 0.4) is 0 Å². The van der Waals surface area contributed by atoms with E-state index in [4.69, 9.17) is 10.5 Å². The summed E-state index contributed by atoms with van der Waals surface area (Å²) in [6, 6.07) is 19.0. The number of halogens is 2. The fourth-order valence-electron chi connectivity index (χ4n) is 3.13. The highest BCUT2D eigenvalue weighted by Crippen LogP contribution is 2.35. The van der Waals surface area contributed by atoms with Crippen molar-refractivity contribution in [3.63, 3.8) is 0 Å². The number of carbonyl (C=O) groups is 2. The van der Waals surface area contributed by atoms with Gasteiger partial charge in [-0.05, 0) is 83.3 Å². The lowest BCUT2D eigenvalue weighted by Gasteiger charge is -2.24. The minimum absolute atomic E-state index is 0.0105. The fourth-order valence-corrected chi connectivity index (χ4v) is 3.91. The Labute approximate surface area is 219 Å². The Hall–Kier alpha value is -3.05. The van der Waals surface area contributed by atoms with Crippen LogP contribution in [-0.4, -0.2) is 17.1 Å². The molecule has 0 fully saturated rings. The zero-order chi connectivity index (χ0) is 24.7. The van der Waals surface area contributed by atoms with Gasteiger partial charge in [0, 0.05) is 25.2 Å². The Bertz CT molecular complexity index is 1200. The monoisotopic (exact) mass is 635 g/mol. The molecule has 5 N–H and O–H groups in total.